The van der Waals surface area contributed by atoms with Gasteiger partial charge in [-0.2, -0.15) is 0 Å². The number of likely N-dealkylation sites (N-methyl/N-ethyl adjacent to an activating group) is 1. The van der Waals surface area contributed by atoms with Crippen molar-refractivity contribution in [1.29, 1.82) is 0 Å². The van der Waals surface area contributed by atoms with E-state index in [-0.39, 0.29) is 0 Å². The highest BCUT2D eigenvalue weighted by molar-refractivity contribution is 5.09. The zero-order valence-electron chi connectivity index (χ0n) is 11.3. The lowest BCUT2D eigenvalue weighted by molar-refractivity contribution is 0.306. The quantitative estimate of drug-likeness (QED) is 0.785. The number of hydrogen-bond acceptors (Lipinski definition) is 3. The monoisotopic (exact) mass is 235 g/mol. The standard InChI is InChI=1S/C14H25N3/c1-12(2)14(15)7-11-17(3)10-6-13-4-8-16-9-5-13/h4-5,8-9,12,14H,6-7,10-11,15H2,1-3H3/t14-/m0/s1. The molecule has 1 heterocycles. The second-order valence-electron chi connectivity index (χ2n) is 5.11. The number of rotatable bonds is 7. The number of pyridine rings is 1. The van der Waals surface area contributed by atoms with Crippen LogP contribution < -0.4 is 5.73 Å². The Balaban J connectivity index is 2.19. The fourth-order valence-electron chi connectivity index (χ4n) is 1.68. The lowest BCUT2D eigenvalue weighted by Gasteiger charge is -2.21. The van der Waals surface area contributed by atoms with E-state index in [1.54, 1.807) is 0 Å². The molecule has 0 fully saturated rings. The van der Waals surface area contributed by atoms with Gasteiger partial charge >= 0.3 is 0 Å². The van der Waals surface area contributed by atoms with Crippen molar-refractivity contribution < 1.29 is 0 Å². The van der Waals surface area contributed by atoms with Crippen LogP contribution in [0, 0.1) is 5.92 Å². The van der Waals surface area contributed by atoms with Crippen molar-refractivity contribution in [2.24, 2.45) is 11.7 Å². The van der Waals surface area contributed by atoms with Crippen LogP contribution in [0.1, 0.15) is 25.8 Å². The van der Waals surface area contributed by atoms with Crippen molar-refractivity contribution in [3.05, 3.63) is 30.1 Å². The van der Waals surface area contributed by atoms with Gasteiger partial charge in [-0.15, -0.1) is 0 Å². The SMILES string of the molecule is CC(C)[C@@H](N)CCN(C)CCc1ccncc1. The average molecular weight is 235 g/mol. The summed E-state index contributed by atoms with van der Waals surface area (Å²) in [6.07, 6.45) is 5.86. The first kappa shape index (κ1) is 14.1. The summed E-state index contributed by atoms with van der Waals surface area (Å²) in [4.78, 5) is 6.37. The highest BCUT2D eigenvalue weighted by atomic mass is 15.1. The molecule has 1 rings (SSSR count). The van der Waals surface area contributed by atoms with Gasteiger partial charge in [-0.1, -0.05) is 13.8 Å². The van der Waals surface area contributed by atoms with Crippen molar-refractivity contribution in [2.75, 3.05) is 20.1 Å². The van der Waals surface area contributed by atoms with E-state index in [0.29, 0.717) is 12.0 Å². The van der Waals surface area contributed by atoms with Crippen LogP contribution in [0.4, 0.5) is 0 Å². The van der Waals surface area contributed by atoms with E-state index in [0.717, 1.165) is 25.9 Å². The van der Waals surface area contributed by atoms with Crippen molar-refractivity contribution in [1.82, 2.24) is 9.88 Å². The summed E-state index contributed by atoms with van der Waals surface area (Å²) >= 11 is 0. The summed E-state index contributed by atoms with van der Waals surface area (Å²) in [5, 5.41) is 0. The summed E-state index contributed by atoms with van der Waals surface area (Å²) in [6.45, 7) is 6.52. The third-order valence-corrected chi connectivity index (χ3v) is 3.23. The number of nitrogens with zero attached hydrogens (tertiary/aromatic N) is 2. The molecule has 0 aliphatic heterocycles. The lowest BCUT2D eigenvalue weighted by atomic mass is 10.0. The fourth-order valence-corrected chi connectivity index (χ4v) is 1.68. The molecule has 2 N–H and O–H groups in total. The van der Waals surface area contributed by atoms with Gasteiger partial charge in [0.05, 0.1) is 0 Å². The van der Waals surface area contributed by atoms with Gasteiger partial charge in [0.1, 0.15) is 0 Å². The van der Waals surface area contributed by atoms with E-state index >= 15 is 0 Å². The summed E-state index contributed by atoms with van der Waals surface area (Å²) in [5.41, 5.74) is 7.38. The summed E-state index contributed by atoms with van der Waals surface area (Å²) < 4.78 is 0. The van der Waals surface area contributed by atoms with Crippen LogP contribution in [0.25, 0.3) is 0 Å². The minimum absolute atomic E-state index is 0.318. The maximum Gasteiger partial charge on any atom is 0.0270 e. The maximum absolute atomic E-state index is 6.04. The van der Waals surface area contributed by atoms with Crippen LogP contribution >= 0.6 is 0 Å². The Labute approximate surface area is 105 Å². The molecule has 0 radical (unpaired) electrons. The van der Waals surface area contributed by atoms with Crippen LogP contribution in [0.5, 0.6) is 0 Å². The van der Waals surface area contributed by atoms with Gasteiger partial charge in [0.2, 0.25) is 0 Å². The van der Waals surface area contributed by atoms with Gasteiger partial charge in [0.15, 0.2) is 0 Å². The Kier molecular flexibility index (Phi) is 6.16. The zero-order valence-corrected chi connectivity index (χ0v) is 11.3. The Morgan fingerprint density at radius 1 is 1.24 bits per heavy atom. The minimum atomic E-state index is 0.318. The van der Waals surface area contributed by atoms with Crippen LogP contribution in [0.2, 0.25) is 0 Å². The van der Waals surface area contributed by atoms with E-state index in [9.17, 15) is 0 Å². The minimum Gasteiger partial charge on any atom is -0.327 e. The van der Waals surface area contributed by atoms with Gasteiger partial charge < -0.3 is 10.6 Å². The molecule has 1 aromatic heterocycles. The number of nitrogens with two attached hydrogens (primary N) is 1. The molecular weight excluding hydrogens is 210 g/mol. The van der Waals surface area contributed by atoms with Crippen LogP contribution in [-0.4, -0.2) is 36.1 Å². The Morgan fingerprint density at radius 2 is 1.88 bits per heavy atom. The molecule has 3 heteroatoms. The maximum atomic E-state index is 6.04. The first-order valence-corrected chi connectivity index (χ1v) is 6.42. The van der Waals surface area contributed by atoms with E-state index in [4.69, 9.17) is 5.73 Å². The molecule has 0 aliphatic carbocycles. The molecule has 0 amide bonds. The van der Waals surface area contributed by atoms with Gasteiger partial charge in [0, 0.05) is 25.0 Å². The average Bonchev–Trinajstić information content (AvgIpc) is 2.34. The first-order chi connectivity index (χ1) is 8.09. The topological polar surface area (TPSA) is 42.1 Å². The van der Waals surface area contributed by atoms with Crippen LogP contribution in [0.15, 0.2) is 24.5 Å². The summed E-state index contributed by atoms with van der Waals surface area (Å²) in [5.74, 6) is 0.573. The third-order valence-electron chi connectivity index (χ3n) is 3.23. The van der Waals surface area contributed by atoms with Crippen LogP contribution in [0.3, 0.4) is 0 Å². The highest BCUT2D eigenvalue weighted by Crippen LogP contribution is 2.04. The van der Waals surface area contributed by atoms with E-state index in [2.05, 4.69) is 42.9 Å². The van der Waals surface area contributed by atoms with Crippen LogP contribution in [-0.2, 0) is 6.42 Å². The van der Waals surface area contributed by atoms with E-state index < -0.39 is 0 Å². The number of aromatic nitrogens is 1. The molecule has 1 aromatic rings. The van der Waals surface area contributed by atoms with Crippen molar-refractivity contribution in [2.45, 2.75) is 32.7 Å². The van der Waals surface area contributed by atoms with Gasteiger partial charge in [-0.25, -0.2) is 0 Å². The Morgan fingerprint density at radius 3 is 2.47 bits per heavy atom. The highest BCUT2D eigenvalue weighted by Gasteiger charge is 2.08. The number of hydrogen-bond donors (Lipinski definition) is 1. The van der Waals surface area contributed by atoms with E-state index in [1.807, 2.05) is 12.4 Å². The molecule has 0 saturated heterocycles. The van der Waals surface area contributed by atoms with Gasteiger partial charge in [-0.05, 0) is 50.0 Å². The first-order valence-electron chi connectivity index (χ1n) is 6.42. The Hall–Kier alpha value is -0.930. The molecule has 0 saturated carbocycles. The molecule has 0 unspecified atom stereocenters. The summed E-state index contributed by atoms with van der Waals surface area (Å²) in [7, 11) is 2.16. The molecule has 1 atom stereocenters. The normalized spacial score (nSPS) is 13.3. The molecular formula is C14H25N3. The molecule has 96 valence electrons. The molecule has 0 spiro atoms. The molecule has 0 aliphatic rings. The van der Waals surface area contributed by atoms with Crippen molar-refractivity contribution in [3.8, 4) is 0 Å². The fraction of sp³-hybridized carbons (Fsp3) is 0.643. The Bertz CT molecular complexity index is 298. The molecule has 0 bridgehead atoms. The second kappa shape index (κ2) is 7.41. The van der Waals surface area contributed by atoms with Gasteiger partial charge in [-0.3, -0.25) is 4.98 Å². The molecule has 17 heavy (non-hydrogen) atoms. The smallest absolute Gasteiger partial charge is 0.0270 e. The van der Waals surface area contributed by atoms with Crippen molar-refractivity contribution >= 4 is 0 Å². The van der Waals surface area contributed by atoms with Crippen molar-refractivity contribution in [3.63, 3.8) is 0 Å². The summed E-state index contributed by atoms with van der Waals surface area (Å²) in [6, 6.07) is 4.47. The molecule has 0 aromatic carbocycles. The third kappa shape index (κ3) is 5.80. The van der Waals surface area contributed by atoms with Gasteiger partial charge in [0.25, 0.3) is 0 Å². The van der Waals surface area contributed by atoms with E-state index in [1.165, 1.54) is 5.56 Å². The predicted molar refractivity (Wildman–Crippen MR) is 72.9 cm³/mol. The largest absolute Gasteiger partial charge is 0.327 e. The second-order valence-corrected chi connectivity index (χ2v) is 5.11. The molecule has 3 nitrogen and oxygen atoms in total. The lowest BCUT2D eigenvalue weighted by Crippen LogP contribution is -2.32. The zero-order chi connectivity index (χ0) is 12.7. The predicted octanol–water partition coefficient (Wildman–Crippen LogP) is 1.93.